The van der Waals surface area contributed by atoms with E-state index in [2.05, 4.69) is 30.4 Å². The van der Waals surface area contributed by atoms with Crippen molar-refractivity contribution in [2.45, 2.75) is 6.54 Å². The van der Waals surface area contributed by atoms with Crippen LogP contribution >= 0.6 is 11.3 Å². The van der Waals surface area contributed by atoms with Gasteiger partial charge < -0.3 is 0 Å². The monoisotopic (exact) mass is 284 g/mol. The molecule has 9 heteroatoms. The molecule has 0 aromatic carbocycles. The molecule has 0 radical (unpaired) electrons. The molecule has 4 heterocycles. The van der Waals surface area contributed by atoms with Crippen molar-refractivity contribution >= 4 is 16.3 Å². The summed E-state index contributed by atoms with van der Waals surface area (Å²) in [4.78, 5) is 8.98. The molecule has 0 aliphatic carbocycles. The van der Waals surface area contributed by atoms with Crippen LogP contribution in [-0.4, -0.2) is 39.6 Å². The van der Waals surface area contributed by atoms with Gasteiger partial charge in [0.05, 0.1) is 12.7 Å². The van der Waals surface area contributed by atoms with Gasteiger partial charge in [-0.2, -0.15) is 14.7 Å². The molecule has 0 amide bonds. The molecule has 0 saturated heterocycles. The summed E-state index contributed by atoms with van der Waals surface area (Å²) in [6.45, 7) is 0.612. The van der Waals surface area contributed by atoms with Gasteiger partial charge in [-0.05, 0) is 6.07 Å². The highest BCUT2D eigenvalue weighted by Gasteiger charge is 2.14. The molecule has 0 aliphatic rings. The molecule has 0 bridgehead atoms. The van der Waals surface area contributed by atoms with E-state index < -0.39 is 0 Å². The molecule has 4 aromatic heterocycles. The predicted octanol–water partition coefficient (Wildman–Crippen LogP) is 0.888. The van der Waals surface area contributed by atoms with Crippen molar-refractivity contribution in [3.05, 3.63) is 42.1 Å². The van der Waals surface area contributed by atoms with Crippen LogP contribution in [0.4, 0.5) is 0 Å². The summed E-state index contributed by atoms with van der Waals surface area (Å²) in [6, 6.07) is 1.88. The van der Waals surface area contributed by atoms with E-state index in [-0.39, 0.29) is 0 Å². The molecular weight excluding hydrogens is 276 g/mol. The summed E-state index contributed by atoms with van der Waals surface area (Å²) < 4.78 is 3.50. The minimum atomic E-state index is 0.594. The number of nitrogens with zero attached hydrogens (tertiary/aromatic N) is 8. The standard InChI is InChI=1S/C11H8N8S/c1-2-14-18(5-1)7-9-17-19-10(15-16-11(19)20-9)8-6-12-3-4-13-8/h1-6H,7H2. The van der Waals surface area contributed by atoms with E-state index in [4.69, 9.17) is 0 Å². The molecule has 98 valence electrons. The Labute approximate surface area is 116 Å². The van der Waals surface area contributed by atoms with Crippen molar-refractivity contribution in [1.29, 1.82) is 0 Å². The lowest BCUT2D eigenvalue weighted by atomic mass is 10.4. The SMILES string of the molecule is c1cnn(Cc2nn3c(-c4cnccn4)nnc3s2)c1. The van der Waals surface area contributed by atoms with Crippen LogP contribution in [0.3, 0.4) is 0 Å². The van der Waals surface area contributed by atoms with Crippen molar-refractivity contribution in [3.63, 3.8) is 0 Å². The van der Waals surface area contributed by atoms with E-state index in [0.717, 1.165) is 9.97 Å². The maximum absolute atomic E-state index is 4.51. The Balaban J connectivity index is 1.75. The van der Waals surface area contributed by atoms with E-state index in [0.29, 0.717) is 18.1 Å². The first-order chi connectivity index (χ1) is 9.90. The lowest BCUT2D eigenvalue weighted by molar-refractivity contribution is 0.673. The highest BCUT2D eigenvalue weighted by Crippen LogP contribution is 2.19. The lowest BCUT2D eigenvalue weighted by Crippen LogP contribution is -2.01. The van der Waals surface area contributed by atoms with E-state index >= 15 is 0 Å². The van der Waals surface area contributed by atoms with Crippen molar-refractivity contribution in [2.24, 2.45) is 0 Å². The summed E-state index contributed by atoms with van der Waals surface area (Å²) in [5.74, 6) is 0.594. The highest BCUT2D eigenvalue weighted by molar-refractivity contribution is 7.16. The fourth-order valence-electron chi connectivity index (χ4n) is 1.83. The van der Waals surface area contributed by atoms with Gasteiger partial charge in [-0.25, -0.2) is 4.98 Å². The summed E-state index contributed by atoms with van der Waals surface area (Å²) >= 11 is 1.48. The third kappa shape index (κ3) is 1.84. The molecule has 0 atom stereocenters. The summed E-state index contributed by atoms with van der Waals surface area (Å²) in [5, 5.41) is 17.8. The zero-order chi connectivity index (χ0) is 13.4. The van der Waals surface area contributed by atoms with Crippen LogP contribution in [0.5, 0.6) is 0 Å². The van der Waals surface area contributed by atoms with Crippen molar-refractivity contribution in [2.75, 3.05) is 0 Å². The summed E-state index contributed by atoms with van der Waals surface area (Å²) in [5.41, 5.74) is 0.649. The molecule has 0 spiro atoms. The first-order valence-electron chi connectivity index (χ1n) is 5.85. The predicted molar refractivity (Wildman–Crippen MR) is 71.0 cm³/mol. The second-order valence-corrected chi connectivity index (χ2v) is 5.05. The quantitative estimate of drug-likeness (QED) is 0.555. The molecule has 4 aromatic rings. The van der Waals surface area contributed by atoms with E-state index in [1.165, 1.54) is 11.3 Å². The smallest absolute Gasteiger partial charge is 0.235 e. The Hall–Kier alpha value is -2.68. The largest absolute Gasteiger partial charge is 0.266 e. The molecule has 0 unspecified atom stereocenters. The number of aromatic nitrogens is 8. The van der Waals surface area contributed by atoms with E-state index in [9.17, 15) is 0 Å². The lowest BCUT2D eigenvalue weighted by Gasteiger charge is -1.96. The molecule has 0 aliphatic heterocycles. The zero-order valence-corrected chi connectivity index (χ0v) is 11.0. The van der Waals surface area contributed by atoms with Crippen LogP contribution in [0.15, 0.2) is 37.1 Å². The van der Waals surface area contributed by atoms with Crippen molar-refractivity contribution in [3.8, 4) is 11.5 Å². The Morgan fingerprint density at radius 3 is 2.95 bits per heavy atom. The fourth-order valence-corrected chi connectivity index (χ4v) is 2.65. The van der Waals surface area contributed by atoms with Gasteiger partial charge >= 0.3 is 0 Å². The number of rotatable bonds is 3. The minimum Gasteiger partial charge on any atom is -0.266 e. The molecule has 8 nitrogen and oxygen atoms in total. The molecule has 0 fully saturated rings. The van der Waals surface area contributed by atoms with Crippen LogP contribution in [0.1, 0.15) is 5.01 Å². The van der Waals surface area contributed by atoms with Gasteiger partial charge in [0.2, 0.25) is 10.8 Å². The second kappa shape index (κ2) is 4.46. The Morgan fingerprint density at radius 2 is 2.15 bits per heavy atom. The topological polar surface area (TPSA) is 86.7 Å². The van der Waals surface area contributed by atoms with Crippen LogP contribution in [0, 0.1) is 0 Å². The average Bonchev–Trinajstić information content (AvgIpc) is 3.17. The highest BCUT2D eigenvalue weighted by atomic mass is 32.1. The maximum Gasteiger partial charge on any atom is 0.235 e. The number of hydrogen-bond donors (Lipinski definition) is 0. The minimum absolute atomic E-state index is 0.594. The maximum atomic E-state index is 4.51. The van der Waals surface area contributed by atoms with Crippen molar-refractivity contribution < 1.29 is 0 Å². The molecule has 4 rings (SSSR count). The molecule has 0 saturated carbocycles. The zero-order valence-electron chi connectivity index (χ0n) is 10.2. The summed E-state index contributed by atoms with van der Waals surface area (Å²) in [7, 11) is 0. The van der Waals surface area contributed by atoms with Crippen LogP contribution < -0.4 is 0 Å². The Bertz CT molecular complexity index is 832. The number of fused-ring (bicyclic) bond motifs is 1. The second-order valence-electron chi connectivity index (χ2n) is 4.01. The number of hydrogen-bond acceptors (Lipinski definition) is 7. The van der Waals surface area contributed by atoms with Gasteiger partial charge in [-0.1, -0.05) is 11.3 Å². The van der Waals surface area contributed by atoms with E-state index in [1.54, 1.807) is 29.3 Å². The molecular formula is C11H8N8S. The Morgan fingerprint density at radius 1 is 1.15 bits per heavy atom. The first-order valence-corrected chi connectivity index (χ1v) is 6.67. The summed E-state index contributed by atoms with van der Waals surface area (Å²) in [6.07, 6.45) is 8.51. The van der Waals surface area contributed by atoms with Gasteiger partial charge in [0.15, 0.2) is 0 Å². The van der Waals surface area contributed by atoms with E-state index in [1.807, 2.05) is 16.9 Å². The molecule has 20 heavy (non-hydrogen) atoms. The van der Waals surface area contributed by atoms with Crippen LogP contribution in [-0.2, 0) is 6.54 Å². The van der Waals surface area contributed by atoms with Crippen LogP contribution in [0.2, 0.25) is 0 Å². The normalized spacial score (nSPS) is 11.2. The van der Waals surface area contributed by atoms with Gasteiger partial charge in [-0.15, -0.1) is 10.2 Å². The van der Waals surface area contributed by atoms with Gasteiger partial charge in [0, 0.05) is 24.8 Å². The molecule has 0 N–H and O–H groups in total. The van der Waals surface area contributed by atoms with Gasteiger partial charge in [-0.3, -0.25) is 9.67 Å². The third-order valence-electron chi connectivity index (χ3n) is 2.68. The van der Waals surface area contributed by atoms with Gasteiger partial charge in [0.25, 0.3) is 0 Å². The van der Waals surface area contributed by atoms with Gasteiger partial charge in [0.1, 0.15) is 10.7 Å². The van der Waals surface area contributed by atoms with Crippen molar-refractivity contribution in [1.82, 2.24) is 39.6 Å². The Kier molecular flexibility index (Phi) is 2.49. The fraction of sp³-hybridized carbons (Fsp3) is 0.0909. The third-order valence-corrected chi connectivity index (χ3v) is 3.56. The first kappa shape index (κ1) is 11.2. The van der Waals surface area contributed by atoms with Crippen LogP contribution in [0.25, 0.3) is 16.5 Å². The average molecular weight is 284 g/mol.